The molecule has 9 heteroatoms. The van der Waals surface area contributed by atoms with Gasteiger partial charge in [-0.15, -0.1) is 0 Å². The molecule has 3 aromatic rings. The fourth-order valence-electron chi connectivity index (χ4n) is 2.10. The summed E-state index contributed by atoms with van der Waals surface area (Å²) in [5.74, 6) is -0.471. The molecule has 0 spiro atoms. The zero-order valence-electron chi connectivity index (χ0n) is 12.2. The van der Waals surface area contributed by atoms with Crippen LogP contribution in [0.25, 0.3) is 11.3 Å². The molecule has 7 nitrogen and oxygen atoms in total. The van der Waals surface area contributed by atoms with Gasteiger partial charge in [-0.3, -0.25) is 9.71 Å². The molecule has 0 unspecified atom stereocenters. The van der Waals surface area contributed by atoms with Crippen LogP contribution in [0.5, 0.6) is 0 Å². The van der Waals surface area contributed by atoms with Crippen LogP contribution in [0.4, 0.5) is 15.8 Å². The number of nitrogens with two attached hydrogens (primary N) is 1. The highest BCUT2D eigenvalue weighted by Gasteiger charge is 2.24. The number of halogens is 1. The van der Waals surface area contributed by atoms with Gasteiger partial charge in [0.1, 0.15) is 17.0 Å². The van der Waals surface area contributed by atoms with E-state index in [2.05, 4.69) is 19.7 Å². The van der Waals surface area contributed by atoms with Crippen molar-refractivity contribution in [2.75, 3.05) is 10.5 Å². The predicted molar refractivity (Wildman–Crippen MR) is 86.9 cm³/mol. The summed E-state index contributed by atoms with van der Waals surface area (Å²) in [5, 5.41) is 0. The number of sulfonamides is 1. The van der Waals surface area contributed by atoms with Crippen molar-refractivity contribution in [3.8, 4) is 11.3 Å². The van der Waals surface area contributed by atoms with Crippen LogP contribution in [-0.4, -0.2) is 23.4 Å². The number of benzene rings is 1. The molecule has 3 rings (SSSR count). The predicted octanol–water partition coefficient (Wildman–Crippen LogP) is 2.06. The number of hydrogen-bond donors (Lipinski definition) is 2. The highest BCUT2D eigenvalue weighted by molar-refractivity contribution is 7.93. The van der Waals surface area contributed by atoms with Crippen molar-refractivity contribution >= 4 is 21.4 Å². The maximum Gasteiger partial charge on any atom is 0.266 e. The maximum absolute atomic E-state index is 13.0. The molecule has 0 aliphatic heterocycles. The van der Waals surface area contributed by atoms with Crippen molar-refractivity contribution in [2.45, 2.75) is 4.90 Å². The summed E-state index contributed by atoms with van der Waals surface area (Å²) in [5.41, 5.74) is 6.63. The Balaban J connectivity index is 2.09. The zero-order chi connectivity index (χ0) is 17.2. The van der Waals surface area contributed by atoms with E-state index >= 15 is 0 Å². The second kappa shape index (κ2) is 6.20. The van der Waals surface area contributed by atoms with Crippen LogP contribution >= 0.6 is 0 Å². The van der Waals surface area contributed by atoms with Gasteiger partial charge in [0.2, 0.25) is 0 Å². The number of anilines is 2. The molecule has 0 fully saturated rings. The summed E-state index contributed by atoms with van der Waals surface area (Å²) in [6.07, 6.45) is 5.59. The molecule has 0 saturated carbocycles. The van der Waals surface area contributed by atoms with Gasteiger partial charge in [-0.1, -0.05) is 0 Å². The van der Waals surface area contributed by atoms with E-state index in [1.165, 1.54) is 43.1 Å². The standard InChI is InChI=1S/C15H12FN5O2S/c16-11-1-3-12(4-2-11)21-24(22,23)15-13(17)5-6-20-14(15)10-7-18-9-19-8-10/h1-9,21H,(H2,17,20). The van der Waals surface area contributed by atoms with Crippen LogP contribution in [0.15, 0.2) is 60.1 Å². The Morgan fingerprint density at radius 2 is 1.71 bits per heavy atom. The molecule has 24 heavy (non-hydrogen) atoms. The van der Waals surface area contributed by atoms with Crippen LogP contribution < -0.4 is 10.5 Å². The molecule has 0 radical (unpaired) electrons. The summed E-state index contributed by atoms with van der Waals surface area (Å²) >= 11 is 0. The van der Waals surface area contributed by atoms with Crippen molar-refractivity contribution in [1.82, 2.24) is 15.0 Å². The molecule has 1 aromatic carbocycles. The SMILES string of the molecule is Nc1ccnc(-c2cncnc2)c1S(=O)(=O)Nc1ccc(F)cc1. The van der Waals surface area contributed by atoms with E-state index in [-0.39, 0.29) is 22.0 Å². The van der Waals surface area contributed by atoms with Gasteiger partial charge in [-0.05, 0) is 30.3 Å². The fraction of sp³-hybridized carbons (Fsp3) is 0. The summed E-state index contributed by atoms with van der Waals surface area (Å²) in [7, 11) is -4.05. The largest absolute Gasteiger partial charge is 0.398 e. The second-order valence-electron chi connectivity index (χ2n) is 4.82. The van der Waals surface area contributed by atoms with Crippen molar-refractivity contribution < 1.29 is 12.8 Å². The maximum atomic E-state index is 13.0. The van der Waals surface area contributed by atoms with Crippen LogP contribution in [0.3, 0.4) is 0 Å². The number of aromatic nitrogens is 3. The lowest BCUT2D eigenvalue weighted by molar-refractivity contribution is 0.601. The van der Waals surface area contributed by atoms with Gasteiger partial charge in [0.05, 0.1) is 11.4 Å². The van der Waals surface area contributed by atoms with Crippen molar-refractivity contribution in [3.63, 3.8) is 0 Å². The minimum absolute atomic E-state index is 0.0264. The van der Waals surface area contributed by atoms with Gasteiger partial charge >= 0.3 is 0 Å². The highest BCUT2D eigenvalue weighted by atomic mass is 32.2. The normalized spacial score (nSPS) is 11.2. The van der Waals surface area contributed by atoms with E-state index < -0.39 is 15.8 Å². The Kier molecular flexibility index (Phi) is 4.09. The van der Waals surface area contributed by atoms with Crippen LogP contribution in [0, 0.1) is 5.82 Å². The lowest BCUT2D eigenvalue weighted by Crippen LogP contribution is -2.16. The molecule has 0 atom stereocenters. The summed E-state index contributed by atoms with van der Waals surface area (Å²) in [4.78, 5) is 11.6. The third kappa shape index (κ3) is 3.15. The zero-order valence-corrected chi connectivity index (χ0v) is 13.0. The lowest BCUT2D eigenvalue weighted by Gasteiger charge is -2.13. The number of nitrogens with zero attached hydrogens (tertiary/aromatic N) is 3. The van der Waals surface area contributed by atoms with Gasteiger partial charge in [0.25, 0.3) is 10.0 Å². The lowest BCUT2D eigenvalue weighted by atomic mass is 10.2. The second-order valence-corrected chi connectivity index (χ2v) is 6.44. The van der Waals surface area contributed by atoms with Crippen molar-refractivity contribution in [3.05, 3.63) is 61.1 Å². The molecule has 0 aliphatic carbocycles. The number of nitrogens with one attached hydrogen (secondary N) is 1. The van der Waals surface area contributed by atoms with Gasteiger partial charge in [-0.2, -0.15) is 0 Å². The summed E-state index contributed by atoms with van der Waals surface area (Å²) in [6.45, 7) is 0. The molecule has 0 saturated heterocycles. The Morgan fingerprint density at radius 3 is 2.38 bits per heavy atom. The molecule has 2 heterocycles. The summed E-state index contributed by atoms with van der Waals surface area (Å²) < 4.78 is 40.8. The quantitative estimate of drug-likeness (QED) is 0.749. The first-order chi connectivity index (χ1) is 11.5. The van der Waals surface area contributed by atoms with E-state index in [0.717, 1.165) is 12.1 Å². The smallest absolute Gasteiger partial charge is 0.266 e. The first kappa shape index (κ1) is 15.8. The number of nitrogen functional groups attached to an aromatic ring is 1. The van der Waals surface area contributed by atoms with Crippen LogP contribution in [-0.2, 0) is 10.0 Å². The van der Waals surface area contributed by atoms with Crippen LogP contribution in [0.2, 0.25) is 0 Å². The molecule has 3 N–H and O–H groups in total. The number of hydrogen-bond acceptors (Lipinski definition) is 6. The average Bonchev–Trinajstić information content (AvgIpc) is 2.57. The molecule has 122 valence electrons. The van der Waals surface area contributed by atoms with Gasteiger partial charge < -0.3 is 5.73 Å². The Labute approximate surface area is 137 Å². The van der Waals surface area contributed by atoms with Crippen LogP contribution in [0.1, 0.15) is 0 Å². The van der Waals surface area contributed by atoms with Gasteiger partial charge in [-0.25, -0.2) is 22.8 Å². The molecule has 0 amide bonds. The Morgan fingerprint density at radius 1 is 1.04 bits per heavy atom. The van der Waals surface area contributed by atoms with E-state index in [4.69, 9.17) is 5.73 Å². The Hall–Kier alpha value is -3.07. The van der Waals surface area contributed by atoms with E-state index in [0.29, 0.717) is 5.56 Å². The molecule has 0 aliphatic rings. The van der Waals surface area contributed by atoms with E-state index in [1.54, 1.807) is 0 Å². The van der Waals surface area contributed by atoms with Crippen molar-refractivity contribution in [1.29, 1.82) is 0 Å². The first-order valence-corrected chi connectivity index (χ1v) is 8.24. The number of pyridine rings is 1. The van der Waals surface area contributed by atoms with Crippen molar-refractivity contribution in [2.24, 2.45) is 0 Å². The monoisotopic (exact) mass is 345 g/mol. The molecular weight excluding hydrogens is 333 g/mol. The highest BCUT2D eigenvalue weighted by Crippen LogP contribution is 2.30. The fourth-order valence-corrected chi connectivity index (χ4v) is 3.45. The molecule has 2 aromatic heterocycles. The summed E-state index contributed by atoms with van der Waals surface area (Å²) in [6, 6.07) is 6.30. The average molecular weight is 345 g/mol. The molecular formula is C15H12FN5O2S. The van der Waals surface area contributed by atoms with E-state index in [1.807, 2.05) is 0 Å². The third-order valence-electron chi connectivity index (χ3n) is 3.13. The van der Waals surface area contributed by atoms with E-state index in [9.17, 15) is 12.8 Å². The topological polar surface area (TPSA) is 111 Å². The minimum Gasteiger partial charge on any atom is -0.398 e. The minimum atomic E-state index is -4.05. The third-order valence-corrected chi connectivity index (χ3v) is 4.61. The Bertz CT molecular complexity index is 963. The molecule has 0 bridgehead atoms. The van der Waals surface area contributed by atoms with Gasteiger partial charge in [0, 0.05) is 29.8 Å². The van der Waals surface area contributed by atoms with Gasteiger partial charge in [0.15, 0.2) is 0 Å². The number of rotatable bonds is 4. The first-order valence-electron chi connectivity index (χ1n) is 6.75.